The smallest absolute Gasteiger partial charge is 0.253 e. The Labute approximate surface area is 164 Å². The second kappa shape index (κ2) is 7.32. The van der Waals surface area contributed by atoms with Crippen LogP contribution in [0, 0.1) is 6.92 Å². The molecule has 4 aromatic rings. The summed E-state index contributed by atoms with van der Waals surface area (Å²) in [5, 5.41) is 15.6. The number of tetrazole rings is 1. The molecule has 2 aromatic heterocycles. The lowest BCUT2D eigenvalue weighted by Crippen LogP contribution is -2.28. The number of fused-ring (bicyclic) bond motifs is 1. The number of carbonyl (C=O) groups is 1. The maximum absolute atomic E-state index is 12.7. The lowest BCUT2D eigenvalue weighted by Gasteiger charge is -2.11. The van der Waals surface area contributed by atoms with Crippen molar-refractivity contribution in [2.45, 2.75) is 13.5 Å². The number of nitrogens with zero attached hydrogens (tertiary/aromatic N) is 5. The third-order valence-corrected chi connectivity index (χ3v) is 4.87. The van der Waals surface area contributed by atoms with Gasteiger partial charge in [-0.05, 0) is 53.7 Å². The van der Waals surface area contributed by atoms with E-state index in [-0.39, 0.29) is 5.91 Å². The van der Waals surface area contributed by atoms with Crippen LogP contribution in [0.2, 0.25) is 0 Å². The highest BCUT2D eigenvalue weighted by molar-refractivity contribution is 9.10. The molecule has 2 heterocycles. The molecular formula is C19H17BrN6O. The van der Waals surface area contributed by atoms with Gasteiger partial charge in [-0.25, -0.2) is 0 Å². The van der Waals surface area contributed by atoms with Gasteiger partial charge in [0.1, 0.15) is 0 Å². The molecule has 0 aliphatic heterocycles. The summed E-state index contributed by atoms with van der Waals surface area (Å²) in [7, 11) is 0. The molecule has 0 radical (unpaired) electrons. The lowest BCUT2D eigenvalue weighted by molar-refractivity contribution is 0.0952. The van der Waals surface area contributed by atoms with Crippen LogP contribution in [0.5, 0.6) is 0 Å². The van der Waals surface area contributed by atoms with Gasteiger partial charge >= 0.3 is 0 Å². The Morgan fingerprint density at radius 3 is 2.85 bits per heavy atom. The number of aromatic nitrogens is 5. The monoisotopic (exact) mass is 424 g/mol. The zero-order valence-corrected chi connectivity index (χ0v) is 16.2. The highest BCUT2D eigenvalue weighted by Crippen LogP contribution is 2.20. The average molecular weight is 425 g/mol. The Kier molecular flexibility index (Phi) is 4.72. The number of rotatable bonds is 5. The topological polar surface area (TPSA) is 77.6 Å². The Bertz CT molecular complexity index is 1120. The van der Waals surface area contributed by atoms with Crippen LogP contribution in [0.4, 0.5) is 0 Å². The van der Waals surface area contributed by atoms with Gasteiger partial charge < -0.3 is 9.88 Å². The van der Waals surface area contributed by atoms with Crippen LogP contribution < -0.4 is 5.32 Å². The van der Waals surface area contributed by atoms with Gasteiger partial charge in [0.15, 0.2) is 5.82 Å². The number of benzene rings is 2. The number of amides is 1. The largest absolute Gasteiger partial charge is 0.350 e. The zero-order chi connectivity index (χ0) is 18.8. The molecule has 27 heavy (non-hydrogen) atoms. The molecule has 2 aromatic carbocycles. The van der Waals surface area contributed by atoms with Crippen LogP contribution in [0.1, 0.15) is 16.2 Å². The lowest BCUT2D eigenvalue weighted by atomic mass is 10.1. The number of aryl methyl sites for hydroxylation is 1. The van der Waals surface area contributed by atoms with Crippen LogP contribution in [-0.4, -0.2) is 37.2 Å². The first-order valence-electron chi connectivity index (χ1n) is 8.50. The van der Waals surface area contributed by atoms with E-state index in [1.807, 2.05) is 30.5 Å². The van der Waals surface area contributed by atoms with E-state index in [0.29, 0.717) is 30.2 Å². The highest BCUT2D eigenvalue weighted by atomic mass is 79.9. The predicted molar refractivity (Wildman–Crippen MR) is 106 cm³/mol. The summed E-state index contributed by atoms with van der Waals surface area (Å²) in [5.41, 5.74) is 2.33. The molecular weight excluding hydrogens is 408 g/mol. The van der Waals surface area contributed by atoms with E-state index in [9.17, 15) is 4.79 Å². The van der Waals surface area contributed by atoms with Gasteiger partial charge in [0.2, 0.25) is 0 Å². The molecule has 0 bridgehead atoms. The third-order valence-electron chi connectivity index (χ3n) is 4.37. The van der Waals surface area contributed by atoms with E-state index >= 15 is 0 Å². The molecule has 0 aliphatic carbocycles. The van der Waals surface area contributed by atoms with Crippen LogP contribution >= 0.6 is 15.9 Å². The van der Waals surface area contributed by atoms with Gasteiger partial charge in [-0.2, -0.15) is 4.68 Å². The number of hydrogen-bond donors (Lipinski definition) is 1. The second-order valence-electron chi connectivity index (χ2n) is 6.12. The van der Waals surface area contributed by atoms with Crippen LogP contribution in [0.25, 0.3) is 16.6 Å². The highest BCUT2D eigenvalue weighted by Gasteiger charge is 2.14. The van der Waals surface area contributed by atoms with Crippen molar-refractivity contribution in [3.05, 3.63) is 70.6 Å². The van der Waals surface area contributed by atoms with Crippen molar-refractivity contribution in [2.24, 2.45) is 0 Å². The molecule has 0 saturated carbocycles. The van der Waals surface area contributed by atoms with E-state index in [4.69, 9.17) is 0 Å². The fourth-order valence-electron chi connectivity index (χ4n) is 3.06. The van der Waals surface area contributed by atoms with Gasteiger partial charge in [-0.15, -0.1) is 5.10 Å². The number of para-hydroxylation sites is 1. The summed E-state index contributed by atoms with van der Waals surface area (Å²) in [5.74, 6) is 0.472. The minimum Gasteiger partial charge on any atom is -0.350 e. The minimum atomic E-state index is -0.153. The van der Waals surface area contributed by atoms with E-state index in [1.165, 1.54) is 0 Å². The van der Waals surface area contributed by atoms with Crippen LogP contribution in [0.15, 0.2) is 59.2 Å². The molecule has 0 atom stereocenters. The zero-order valence-electron chi connectivity index (χ0n) is 14.6. The van der Waals surface area contributed by atoms with Crippen LogP contribution in [0.3, 0.4) is 0 Å². The van der Waals surface area contributed by atoms with Crippen molar-refractivity contribution in [2.75, 3.05) is 6.54 Å². The molecule has 1 amide bonds. The molecule has 0 unspecified atom stereocenters. The molecule has 7 nitrogen and oxygen atoms in total. The summed E-state index contributed by atoms with van der Waals surface area (Å²) < 4.78 is 4.74. The fourth-order valence-corrected chi connectivity index (χ4v) is 3.43. The number of halogens is 1. The van der Waals surface area contributed by atoms with Crippen LogP contribution in [-0.2, 0) is 6.54 Å². The molecule has 0 aliphatic rings. The molecule has 1 N–H and O–H groups in total. The number of carbonyl (C=O) groups excluding carboxylic acids is 1. The van der Waals surface area contributed by atoms with E-state index in [2.05, 4.69) is 59.5 Å². The van der Waals surface area contributed by atoms with Crippen molar-refractivity contribution in [3.8, 4) is 5.69 Å². The predicted octanol–water partition coefficient (Wildman–Crippen LogP) is 3.12. The maximum atomic E-state index is 12.7. The first kappa shape index (κ1) is 17.4. The Morgan fingerprint density at radius 2 is 2.04 bits per heavy atom. The molecule has 4 rings (SSSR count). The quantitative estimate of drug-likeness (QED) is 0.533. The van der Waals surface area contributed by atoms with E-state index in [0.717, 1.165) is 15.4 Å². The van der Waals surface area contributed by atoms with Crippen molar-refractivity contribution < 1.29 is 4.79 Å². The SMILES string of the molecule is Cc1nnnn1-c1ccccc1C(=O)NCCn1ccc2cc(Br)ccc21. The number of nitrogens with one attached hydrogen (secondary N) is 1. The Morgan fingerprint density at radius 1 is 1.19 bits per heavy atom. The van der Waals surface area contributed by atoms with Crippen molar-refractivity contribution in [1.29, 1.82) is 0 Å². The molecule has 0 spiro atoms. The second-order valence-corrected chi connectivity index (χ2v) is 7.04. The van der Waals surface area contributed by atoms with Gasteiger partial charge in [-0.3, -0.25) is 4.79 Å². The first-order valence-corrected chi connectivity index (χ1v) is 9.30. The molecule has 0 fully saturated rings. The number of hydrogen-bond acceptors (Lipinski definition) is 4. The van der Waals surface area contributed by atoms with Crippen molar-refractivity contribution in [1.82, 2.24) is 30.1 Å². The third kappa shape index (κ3) is 3.48. The van der Waals surface area contributed by atoms with Gasteiger partial charge in [-0.1, -0.05) is 28.1 Å². The molecule has 8 heteroatoms. The normalized spacial score (nSPS) is 11.0. The van der Waals surface area contributed by atoms with Gasteiger partial charge in [0.25, 0.3) is 5.91 Å². The van der Waals surface area contributed by atoms with Crippen molar-refractivity contribution >= 4 is 32.7 Å². The summed E-state index contributed by atoms with van der Waals surface area (Å²) in [4.78, 5) is 12.7. The summed E-state index contributed by atoms with van der Waals surface area (Å²) >= 11 is 3.49. The summed E-state index contributed by atoms with van der Waals surface area (Å²) in [6.45, 7) is 2.99. The summed E-state index contributed by atoms with van der Waals surface area (Å²) in [6, 6.07) is 15.5. The average Bonchev–Trinajstić information content (AvgIpc) is 3.27. The molecule has 136 valence electrons. The standard InChI is InChI=1S/C19H17BrN6O/c1-13-22-23-24-26(13)18-5-3-2-4-16(18)19(27)21-9-11-25-10-8-14-12-15(20)6-7-17(14)25/h2-8,10,12H,9,11H2,1H3,(H,21,27). The van der Waals surface area contributed by atoms with E-state index < -0.39 is 0 Å². The first-order chi connectivity index (χ1) is 13.1. The van der Waals surface area contributed by atoms with Crippen molar-refractivity contribution in [3.63, 3.8) is 0 Å². The fraction of sp³-hybridized carbons (Fsp3) is 0.158. The molecule has 0 saturated heterocycles. The van der Waals surface area contributed by atoms with Gasteiger partial charge in [0.05, 0.1) is 11.3 Å². The minimum absolute atomic E-state index is 0.153. The maximum Gasteiger partial charge on any atom is 0.253 e. The van der Waals surface area contributed by atoms with E-state index in [1.54, 1.807) is 17.7 Å². The van der Waals surface area contributed by atoms with Gasteiger partial charge in [0, 0.05) is 34.7 Å². The summed E-state index contributed by atoms with van der Waals surface area (Å²) in [6.07, 6.45) is 2.03. The Balaban J connectivity index is 1.48. The Hall–Kier alpha value is -3.00.